The van der Waals surface area contributed by atoms with E-state index in [1.54, 1.807) is 0 Å². The van der Waals surface area contributed by atoms with Gasteiger partial charge < -0.3 is 9.09 Å². The first kappa shape index (κ1) is 12.0. The quantitative estimate of drug-likeness (QED) is 0.719. The van der Waals surface area contributed by atoms with Crippen molar-refractivity contribution in [3.8, 4) is 0 Å². The molecule has 0 bridgehead atoms. The molecule has 0 radical (unpaired) electrons. The van der Waals surface area contributed by atoms with Crippen molar-refractivity contribution < 1.29 is 4.52 Å². The number of nitrogens with zero attached hydrogens (tertiary/aromatic N) is 3. The fraction of sp³-hybridized carbons (Fsp3) is 0.333. The molecule has 0 unspecified atom stereocenters. The maximum atomic E-state index is 5.24. The number of hydrogen-bond acceptors (Lipinski definition) is 3. The summed E-state index contributed by atoms with van der Waals surface area (Å²) in [4.78, 5) is 4.42. The molecule has 2 heterocycles. The van der Waals surface area contributed by atoms with Crippen LogP contribution in [0, 0.1) is 6.92 Å². The Morgan fingerprint density at radius 2 is 2.11 bits per heavy atom. The van der Waals surface area contributed by atoms with Gasteiger partial charge in [0.25, 0.3) is 0 Å². The molecule has 0 saturated heterocycles. The molecular weight excluding hydrogens is 238 g/mol. The Morgan fingerprint density at radius 1 is 1.26 bits per heavy atom. The Balaban J connectivity index is 1.94. The number of fused-ring (bicyclic) bond motifs is 1. The van der Waals surface area contributed by atoms with Crippen LogP contribution in [0.5, 0.6) is 0 Å². The molecule has 19 heavy (non-hydrogen) atoms. The molecule has 0 spiro atoms. The average molecular weight is 255 g/mol. The summed E-state index contributed by atoms with van der Waals surface area (Å²) < 4.78 is 7.39. The molecule has 0 saturated carbocycles. The van der Waals surface area contributed by atoms with Gasteiger partial charge in [0.15, 0.2) is 5.82 Å². The first-order valence-corrected chi connectivity index (χ1v) is 6.51. The van der Waals surface area contributed by atoms with Gasteiger partial charge in [-0.25, -0.2) is 0 Å². The van der Waals surface area contributed by atoms with Crippen molar-refractivity contribution in [1.82, 2.24) is 14.7 Å². The molecule has 98 valence electrons. The summed E-state index contributed by atoms with van der Waals surface area (Å²) in [6, 6.07) is 8.55. The van der Waals surface area contributed by atoms with Gasteiger partial charge >= 0.3 is 0 Å². The topological polar surface area (TPSA) is 43.9 Å². The van der Waals surface area contributed by atoms with Crippen LogP contribution in [0.1, 0.15) is 37.0 Å². The summed E-state index contributed by atoms with van der Waals surface area (Å²) in [7, 11) is 0. The van der Waals surface area contributed by atoms with Gasteiger partial charge in [-0.05, 0) is 30.0 Å². The Morgan fingerprint density at radius 3 is 2.84 bits per heavy atom. The summed E-state index contributed by atoms with van der Waals surface area (Å²) in [6.45, 7) is 6.84. The van der Waals surface area contributed by atoms with Crippen molar-refractivity contribution in [2.24, 2.45) is 0 Å². The third-order valence-electron chi connectivity index (χ3n) is 3.22. The monoisotopic (exact) mass is 255 g/mol. The number of benzene rings is 1. The van der Waals surface area contributed by atoms with E-state index in [-0.39, 0.29) is 5.92 Å². The van der Waals surface area contributed by atoms with E-state index in [0.29, 0.717) is 12.4 Å². The molecule has 0 fully saturated rings. The maximum Gasteiger partial charge on any atom is 0.229 e. The molecule has 0 aliphatic heterocycles. The van der Waals surface area contributed by atoms with Crippen molar-refractivity contribution in [3.05, 3.63) is 47.7 Å². The first-order chi connectivity index (χ1) is 9.13. The van der Waals surface area contributed by atoms with Crippen LogP contribution in [0.25, 0.3) is 10.9 Å². The van der Waals surface area contributed by atoms with E-state index in [4.69, 9.17) is 4.52 Å². The number of aromatic nitrogens is 3. The Bertz CT molecular complexity index is 709. The van der Waals surface area contributed by atoms with Crippen LogP contribution in [0.15, 0.2) is 35.0 Å². The zero-order chi connectivity index (χ0) is 13.4. The Hall–Kier alpha value is -2.10. The second kappa shape index (κ2) is 4.53. The van der Waals surface area contributed by atoms with Gasteiger partial charge in [0.1, 0.15) is 0 Å². The van der Waals surface area contributed by atoms with Gasteiger partial charge in [-0.3, -0.25) is 0 Å². The molecule has 4 heteroatoms. The van der Waals surface area contributed by atoms with Crippen LogP contribution in [0.3, 0.4) is 0 Å². The molecule has 0 atom stereocenters. The average Bonchev–Trinajstić information content (AvgIpc) is 2.98. The molecule has 3 rings (SSSR count). The molecule has 1 aromatic carbocycles. The predicted molar refractivity (Wildman–Crippen MR) is 74.2 cm³/mol. The minimum absolute atomic E-state index is 0.268. The normalized spacial score (nSPS) is 11.6. The van der Waals surface area contributed by atoms with Crippen LogP contribution in [-0.2, 0) is 6.54 Å². The van der Waals surface area contributed by atoms with E-state index < -0.39 is 0 Å². The largest absolute Gasteiger partial charge is 0.340 e. The van der Waals surface area contributed by atoms with Gasteiger partial charge in [-0.2, -0.15) is 4.98 Å². The summed E-state index contributed by atoms with van der Waals surface area (Å²) >= 11 is 0. The highest BCUT2D eigenvalue weighted by Gasteiger charge is 2.11. The summed E-state index contributed by atoms with van der Waals surface area (Å²) in [6.07, 6.45) is 2.06. The van der Waals surface area contributed by atoms with Gasteiger partial charge in [0, 0.05) is 17.6 Å². The summed E-state index contributed by atoms with van der Waals surface area (Å²) in [5.74, 6) is 1.69. The molecule has 0 aliphatic rings. The van der Waals surface area contributed by atoms with Crippen LogP contribution >= 0.6 is 0 Å². The van der Waals surface area contributed by atoms with Crippen LogP contribution in [0.2, 0.25) is 0 Å². The highest BCUT2D eigenvalue weighted by molar-refractivity contribution is 5.80. The molecular formula is C15H17N3O. The third-order valence-corrected chi connectivity index (χ3v) is 3.22. The van der Waals surface area contributed by atoms with Gasteiger partial charge in [0.2, 0.25) is 5.89 Å². The van der Waals surface area contributed by atoms with Crippen molar-refractivity contribution in [2.45, 2.75) is 33.2 Å². The van der Waals surface area contributed by atoms with E-state index >= 15 is 0 Å². The van der Waals surface area contributed by atoms with Crippen LogP contribution < -0.4 is 0 Å². The van der Waals surface area contributed by atoms with E-state index in [1.165, 1.54) is 16.5 Å². The highest BCUT2D eigenvalue weighted by atomic mass is 16.5. The summed E-state index contributed by atoms with van der Waals surface area (Å²) in [5, 5.41) is 5.27. The molecule has 4 nitrogen and oxygen atoms in total. The Kier molecular flexibility index (Phi) is 2.85. The minimum atomic E-state index is 0.268. The van der Waals surface area contributed by atoms with Crippen molar-refractivity contribution in [2.75, 3.05) is 0 Å². The maximum absolute atomic E-state index is 5.24. The lowest BCUT2D eigenvalue weighted by Gasteiger charge is -2.02. The fourth-order valence-electron chi connectivity index (χ4n) is 2.15. The van der Waals surface area contributed by atoms with Crippen molar-refractivity contribution >= 4 is 10.9 Å². The Labute approximate surface area is 112 Å². The zero-order valence-electron chi connectivity index (χ0n) is 11.4. The lowest BCUT2D eigenvalue weighted by molar-refractivity contribution is 0.360. The molecule has 0 N–H and O–H groups in total. The minimum Gasteiger partial charge on any atom is -0.340 e. The smallest absolute Gasteiger partial charge is 0.229 e. The number of aryl methyl sites for hydroxylation is 1. The van der Waals surface area contributed by atoms with Crippen molar-refractivity contribution in [3.63, 3.8) is 0 Å². The van der Waals surface area contributed by atoms with Gasteiger partial charge in [-0.1, -0.05) is 31.1 Å². The van der Waals surface area contributed by atoms with E-state index in [9.17, 15) is 0 Å². The number of rotatable bonds is 3. The van der Waals surface area contributed by atoms with E-state index in [0.717, 1.165) is 5.82 Å². The second-order valence-electron chi connectivity index (χ2n) is 5.21. The molecule has 2 aromatic heterocycles. The van der Waals surface area contributed by atoms with Crippen LogP contribution in [0.4, 0.5) is 0 Å². The predicted octanol–water partition coefficient (Wildman–Crippen LogP) is 3.50. The third kappa shape index (κ3) is 2.26. The van der Waals surface area contributed by atoms with E-state index in [1.807, 2.05) is 13.8 Å². The lowest BCUT2D eigenvalue weighted by atomic mass is 10.2. The van der Waals surface area contributed by atoms with Crippen molar-refractivity contribution in [1.29, 1.82) is 0 Å². The highest BCUT2D eigenvalue weighted by Crippen LogP contribution is 2.19. The van der Waals surface area contributed by atoms with Crippen LogP contribution in [-0.4, -0.2) is 14.7 Å². The second-order valence-corrected chi connectivity index (χ2v) is 5.21. The zero-order valence-corrected chi connectivity index (χ0v) is 11.4. The lowest BCUT2D eigenvalue weighted by Crippen LogP contribution is -2.00. The number of hydrogen-bond donors (Lipinski definition) is 0. The standard InChI is InChI=1S/C15H17N3O/c1-10(2)15-16-14(17-19-15)9-18-7-6-12-5-4-11(3)8-13(12)18/h4-8,10H,9H2,1-3H3. The molecule has 0 amide bonds. The van der Waals surface area contributed by atoms with E-state index in [2.05, 4.69) is 52.1 Å². The fourth-order valence-corrected chi connectivity index (χ4v) is 2.15. The molecule has 3 aromatic rings. The van der Waals surface area contributed by atoms with Gasteiger partial charge in [0.05, 0.1) is 6.54 Å². The SMILES string of the molecule is Cc1ccc2ccn(Cc3noc(C(C)C)n3)c2c1. The van der Waals surface area contributed by atoms with Gasteiger partial charge in [-0.15, -0.1) is 0 Å². The first-order valence-electron chi connectivity index (χ1n) is 6.51. The summed E-state index contributed by atoms with van der Waals surface area (Å²) in [5.41, 5.74) is 2.46. The molecule has 0 aliphatic carbocycles.